The fraction of sp³-hybridized carbons (Fsp3) is 0.864. The number of piperidine rings is 2. The number of β-amino-alcohol motifs (C(OH)–C–C–N with tert-alkyl or cyclic N) is 1. The predicted molar refractivity (Wildman–Crippen MR) is 111 cm³/mol. The smallest absolute Gasteiger partial charge is 0.410 e. The third-order valence-electron chi connectivity index (χ3n) is 7.01. The molecule has 0 aromatic rings. The van der Waals surface area contributed by atoms with Gasteiger partial charge in [-0.05, 0) is 57.8 Å². The number of ether oxygens (including phenoxy) is 3. The summed E-state index contributed by atoms with van der Waals surface area (Å²) in [5.41, 5.74) is 0. The van der Waals surface area contributed by atoms with Gasteiger partial charge in [-0.1, -0.05) is 0 Å². The summed E-state index contributed by atoms with van der Waals surface area (Å²) >= 11 is 0. The van der Waals surface area contributed by atoms with Crippen molar-refractivity contribution < 1.29 is 33.7 Å². The molecule has 1 saturated carbocycles. The van der Waals surface area contributed by atoms with E-state index in [0.717, 1.165) is 19.3 Å². The molecule has 2 aliphatic heterocycles. The van der Waals surface area contributed by atoms with Crippen LogP contribution in [0.25, 0.3) is 0 Å². The summed E-state index contributed by atoms with van der Waals surface area (Å²) in [5, 5.41) is 10.4. The lowest BCUT2D eigenvalue weighted by Crippen LogP contribution is -2.57. The van der Waals surface area contributed by atoms with E-state index in [1.807, 2.05) is 0 Å². The molecule has 4 unspecified atom stereocenters. The van der Waals surface area contributed by atoms with Gasteiger partial charge in [-0.2, -0.15) is 0 Å². The number of rotatable bonds is 5. The van der Waals surface area contributed by atoms with Gasteiger partial charge in [0.25, 0.3) is 0 Å². The van der Waals surface area contributed by atoms with Crippen LogP contribution in [0.2, 0.25) is 0 Å². The van der Waals surface area contributed by atoms with Gasteiger partial charge in [0.15, 0.2) is 0 Å². The van der Waals surface area contributed by atoms with E-state index in [1.54, 1.807) is 13.8 Å². The van der Waals surface area contributed by atoms with E-state index in [2.05, 4.69) is 4.90 Å². The van der Waals surface area contributed by atoms with Crippen LogP contribution < -0.4 is 0 Å². The van der Waals surface area contributed by atoms with Crippen LogP contribution in [0.5, 0.6) is 0 Å². The first-order valence-electron chi connectivity index (χ1n) is 11.5. The molecule has 0 aromatic heterocycles. The average Bonchev–Trinajstić information content (AvgIpc) is 2.77. The van der Waals surface area contributed by atoms with Gasteiger partial charge in [0.2, 0.25) is 0 Å². The second kappa shape index (κ2) is 10.6. The lowest BCUT2D eigenvalue weighted by molar-refractivity contribution is -0.155. The summed E-state index contributed by atoms with van der Waals surface area (Å²) in [6, 6.07) is -0.396. The number of hydrogen-bond acceptors (Lipinski definition) is 8. The minimum Gasteiger partial charge on any atom is -0.466 e. The first-order valence-corrected chi connectivity index (χ1v) is 11.5. The molecular formula is C22H36N2O7. The number of amides is 1. The topological polar surface area (TPSA) is 106 Å². The Morgan fingerprint density at radius 2 is 1.61 bits per heavy atom. The molecule has 0 spiro atoms. The standard InChI is InChI=1S/C22H36N2O7/c1-4-30-20(26)16-9-18(25)13-23(11-16)17-7-6-14-12-24(22(28)29-3)19(10-15(14)8-17)21(27)31-5-2/h14-19,25H,4-13H2,1-3H3/t14?,15?,16-,17?,18+,19?/m1/s1. The van der Waals surface area contributed by atoms with Gasteiger partial charge in [-0.15, -0.1) is 0 Å². The Morgan fingerprint density at radius 3 is 2.29 bits per heavy atom. The second-order valence-corrected chi connectivity index (χ2v) is 8.91. The van der Waals surface area contributed by atoms with Crippen molar-refractivity contribution in [3.63, 3.8) is 0 Å². The predicted octanol–water partition coefficient (Wildman–Crippen LogP) is 1.42. The zero-order chi connectivity index (χ0) is 22.5. The van der Waals surface area contributed by atoms with Crippen LogP contribution in [0.3, 0.4) is 0 Å². The average molecular weight is 441 g/mol. The number of aliphatic hydroxyl groups excluding tert-OH is 1. The lowest BCUT2D eigenvalue weighted by atomic mass is 9.70. The van der Waals surface area contributed by atoms with Gasteiger partial charge in [-0.25, -0.2) is 9.59 Å². The van der Waals surface area contributed by atoms with Crippen molar-refractivity contribution in [1.29, 1.82) is 0 Å². The molecule has 2 saturated heterocycles. The molecule has 0 radical (unpaired) electrons. The van der Waals surface area contributed by atoms with Crippen molar-refractivity contribution in [2.75, 3.05) is 40.0 Å². The first-order chi connectivity index (χ1) is 14.9. The fourth-order valence-corrected chi connectivity index (χ4v) is 5.57. The molecule has 3 aliphatic rings. The highest BCUT2D eigenvalue weighted by molar-refractivity contribution is 5.81. The molecule has 0 bridgehead atoms. The van der Waals surface area contributed by atoms with E-state index in [1.165, 1.54) is 12.0 Å². The van der Waals surface area contributed by atoms with Crippen molar-refractivity contribution in [2.45, 2.75) is 64.1 Å². The number of nitrogens with zero attached hydrogens (tertiary/aromatic N) is 2. The molecule has 6 atom stereocenters. The SMILES string of the molecule is CCOC(=O)C1CC2CC(N3C[C@@H](O)C[C@@H](C(=O)OCC)C3)CCC2CN1C(=O)OC. The Labute approximate surface area is 184 Å². The summed E-state index contributed by atoms with van der Waals surface area (Å²) in [7, 11) is 1.33. The van der Waals surface area contributed by atoms with Gasteiger partial charge in [0, 0.05) is 25.7 Å². The summed E-state index contributed by atoms with van der Waals surface area (Å²) in [6.07, 6.45) is 2.68. The van der Waals surface area contributed by atoms with Crippen molar-refractivity contribution >= 4 is 18.0 Å². The number of aliphatic hydroxyl groups is 1. The van der Waals surface area contributed by atoms with Crippen LogP contribution in [0.4, 0.5) is 4.79 Å². The van der Waals surface area contributed by atoms with Gasteiger partial charge in [0.05, 0.1) is 32.3 Å². The summed E-state index contributed by atoms with van der Waals surface area (Å²) in [5.74, 6) is -0.362. The number of likely N-dealkylation sites (tertiary alicyclic amines) is 2. The fourth-order valence-electron chi connectivity index (χ4n) is 5.57. The minimum atomic E-state index is -0.633. The molecule has 3 fully saturated rings. The van der Waals surface area contributed by atoms with E-state index in [0.29, 0.717) is 45.0 Å². The molecule has 1 amide bonds. The van der Waals surface area contributed by atoms with Crippen LogP contribution in [0.1, 0.15) is 46.0 Å². The molecular weight excluding hydrogens is 404 g/mol. The van der Waals surface area contributed by atoms with Crippen LogP contribution in [0, 0.1) is 17.8 Å². The molecule has 31 heavy (non-hydrogen) atoms. The number of carbonyl (C=O) groups excluding carboxylic acids is 3. The summed E-state index contributed by atoms with van der Waals surface area (Å²) in [6.45, 7) is 5.77. The summed E-state index contributed by atoms with van der Waals surface area (Å²) < 4.78 is 15.3. The Morgan fingerprint density at radius 1 is 0.903 bits per heavy atom. The van der Waals surface area contributed by atoms with E-state index in [-0.39, 0.29) is 36.4 Å². The van der Waals surface area contributed by atoms with E-state index < -0.39 is 18.2 Å². The Bertz CT molecular complexity index is 658. The number of hydrogen-bond donors (Lipinski definition) is 1. The molecule has 9 heteroatoms. The maximum absolute atomic E-state index is 12.5. The maximum atomic E-state index is 12.5. The van der Waals surface area contributed by atoms with Gasteiger partial charge in [0.1, 0.15) is 6.04 Å². The Hall–Kier alpha value is -1.87. The molecule has 1 aliphatic carbocycles. The van der Waals surface area contributed by atoms with Crippen LogP contribution in [-0.4, -0.2) is 91.1 Å². The zero-order valence-electron chi connectivity index (χ0n) is 18.8. The zero-order valence-corrected chi connectivity index (χ0v) is 18.8. The lowest BCUT2D eigenvalue weighted by Gasteiger charge is -2.49. The molecule has 0 aromatic carbocycles. The highest BCUT2D eigenvalue weighted by atomic mass is 16.6. The number of methoxy groups -OCH3 is 1. The largest absolute Gasteiger partial charge is 0.466 e. The van der Waals surface area contributed by atoms with Gasteiger partial charge >= 0.3 is 18.0 Å². The third kappa shape index (κ3) is 5.49. The molecule has 9 nitrogen and oxygen atoms in total. The summed E-state index contributed by atoms with van der Waals surface area (Å²) in [4.78, 5) is 40.8. The van der Waals surface area contributed by atoms with E-state index in [4.69, 9.17) is 14.2 Å². The van der Waals surface area contributed by atoms with Crippen LogP contribution >= 0.6 is 0 Å². The van der Waals surface area contributed by atoms with Crippen molar-refractivity contribution in [2.24, 2.45) is 17.8 Å². The number of esters is 2. The molecule has 3 rings (SSSR count). The monoisotopic (exact) mass is 440 g/mol. The number of fused-ring (bicyclic) bond motifs is 1. The highest BCUT2D eigenvalue weighted by Crippen LogP contribution is 2.41. The van der Waals surface area contributed by atoms with E-state index >= 15 is 0 Å². The Balaban J connectivity index is 1.68. The minimum absolute atomic E-state index is 0.237. The second-order valence-electron chi connectivity index (χ2n) is 8.91. The Kier molecular flexibility index (Phi) is 8.16. The normalized spacial score (nSPS) is 33.9. The molecule has 1 N–H and O–H groups in total. The van der Waals surface area contributed by atoms with Gasteiger partial charge < -0.3 is 19.3 Å². The van der Waals surface area contributed by atoms with E-state index in [9.17, 15) is 19.5 Å². The quantitative estimate of drug-likeness (QED) is 0.505. The van der Waals surface area contributed by atoms with Gasteiger partial charge in [-0.3, -0.25) is 14.6 Å². The van der Waals surface area contributed by atoms with Crippen molar-refractivity contribution in [3.8, 4) is 0 Å². The van der Waals surface area contributed by atoms with Crippen molar-refractivity contribution in [1.82, 2.24) is 9.80 Å². The first kappa shape index (κ1) is 23.8. The molecule has 176 valence electrons. The molecule has 2 heterocycles. The maximum Gasteiger partial charge on any atom is 0.410 e. The highest BCUT2D eigenvalue weighted by Gasteiger charge is 2.46. The van der Waals surface area contributed by atoms with Crippen LogP contribution in [0.15, 0.2) is 0 Å². The van der Waals surface area contributed by atoms with Crippen molar-refractivity contribution in [3.05, 3.63) is 0 Å². The number of carbonyl (C=O) groups is 3. The third-order valence-corrected chi connectivity index (χ3v) is 7.01. The van der Waals surface area contributed by atoms with Crippen LogP contribution in [-0.2, 0) is 23.8 Å².